The first kappa shape index (κ1) is 13.9. The molecule has 3 rings (SSSR count). The van der Waals surface area contributed by atoms with Gasteiger partial charge in [-0.1, -0.05) is 0 Å². The lowest BCUT2D eigenvalue weighted by atomic mass is 10.0. The quantitative estimate of drug-likeness (QED) is 0.831. The molecule has 2 aromatic heterocycles. The molecule has 7 nitrogen and oxygen atoms in total. The second-order valence-corrected chi connectivity index (χ2v) is 5.43. The average Bonchev–Trinajstić information content (AvgIpc) is 2.93. The van der Waals surface area contributed by atoms with Crippen molar-refractivity contribution in [2.45, 2.75) is 25.8 Å². The largest absolute Gasteiger partial charge is 0.333 e. The van der Waals surface area contributed by atoms with Crippen LogP contribution in [0.4, 0.5) is 0 Å². The second kappa shape index (κ2) is 5.77. The number of piperidine rings is 1. The number of aromatic nitrogens is 4. The first-order valence-electron chi connectivity index (χ1n) is 7.36. The molecule has 1 saturated heterocycles. The van der Waals surface area contributed by atoms with E-state index in [4.69, 9.17) is 0 Å². The van der Waals surface area contributed by atoms with Gasteiger partial charge in [0.2, 0.25) is 5.82 Å². The first-order valence-corrected chi connectivity index (χ1v) is 7.36. The summed E-state index contributed by atoms with van der Waals surface area (Å²) in [6.07, 6.45) is 5.40. The Labute approximate surface area is 123 Å². The van der Waals surface area contributed by atoms with Gasteiger partial charge in [-0.05, 0) is 46.0 Å². The predicted octanol–water partition coefficient (Wildman–Crippen LogP) is 0.681. The normalized spacial score (nSPS) is 17.2. The van der Waals surface area contributed by atoms with Crippen LogP contribution in [0, 0.1) is 0 Å². The number of carbonyl (C=O) groups is 1. The third-order valence-electron chi connectivity index (χ3n) is 4.04. The van der Waals surface area contributed by atoms with Crippen molar-refractivity contribution in [1.29, 1.82) is 0 Å². The van der Waals surface area contributed by atoms with E-state index < -0.39 is 0 Å². The Hall–Kier alpha value is -2.02. The van der Waals surface area contributed by atoms with Crippen LogP contribution in [-0.2, 0) is 0 Å². The highest BCUT2D eigenvalue weighted by molar-refractivity contribution is 5.91. The molecule has 1 aliphatic heterocycles. The van der Waals surface area contributed by atoms with Crippen LogP contribution in [0.15, 0.2) is 18.5 Å². The van der Waals surface area contributed by atoms with Crippen molar-refractivity contribution in [3.8, 4) is 0 Å². The van der Waals surface area contributed by atoms with Crippen molar-refractivity contribution in [1.82, 2.24) is 29.4 Å². The number of rotatable bonds is 3. The molecule has 1 amide bonds. The number of likely N-dealkylation sites (tertiary alicyclic amines) is 1. The highest BCUT2D eigenvalue weighted by Gasteiger charge is 2.28. The molecule has 1 aliphatic rings. The summed E-state index contributed by atoms with van der Waals surface area (Å²) in [6.45, 7) is 4.73. The molecule has 2 aromatic rings. The monoisotopic (exact) mass is 288 g/mol. The lowest BCUT2D eigenvalue weighted by Crippen LogP contribution is -2.46. The summed E-state index contributed by atoms with van der Waals surface area (Å²) in [5.74, 6) is 0.590. The Kier molecular flexibility index (Phi) is 3.83. The molecule has 0 N–H and O–H groups in total. The standard InChI is InChI=1S/C14H20N6O/c1-3-19(11-5-9-18(2)10-6-11)13(21)12-16-14-15-7-4-8-20(14)17-12/h4,7-8,11H,3,5-6,9-10H2,1-2H3. The average molecular weight is 288 g/mol. The molecule has 0 aliphatic carbocycles. The molecular formula is C14H20N6O. The molecule has 3 heterocycles. The first-order chi connectivity index (χ1) is 10.2. The van der Waals surface area contributed by atoms with Crippen molar-refractivity contribution >= 4 is 11.7 Å². The zero-order valence-electron chi connectivity index (χ0n) is 12.4. The minimum Gasteiger partial charge on any atom is -0.333 e. The SMILES string of the molecule is CCN(C(=O)c1nc2ncccn2n1)C1CCN(C)CC1. The number of carbonyl (C=O) groups excluding carboxylic acids is 1. The van der Waals surface area contributed by atoms with E-state index in [0.717, 1.165) is 25.9 Å². The fraction of sp³-hybridized carbons (Fsp3) is 0.571. The summed E-state index contributed by atoms with van der Waals surface area (Å²) < 4.78 is 1.54. The molecule has 0 saturated carbocycles. The van der Waals surface area contributed by atoms with Crippen LogP contribution < -0.4 is 0 Å². The summed E-state index contributed by atoms with van der Waals surface area (Å²) in [5.41, 5.74) is 0. The number of hydrogen-bond donors (Lipinski definition) is 0. The molecule has 21 heavy (non-hydrogen) atoms. The zero-order chi connectivity index (χ0) is 14.8. The Morgan fingerprint density at radius 1 is 1.43 bits per heavy atom. The van der Waals surface area contributed by atoms with Gasteiger partial charge in [0.05, 0.1) is 0 Å². The highest BCUT2D eigenvalue weighted by atomic mass is 16.2. The van der Waals surface area contributed by atoms with E-state index in [-0.39, 0.29) is 17.8 Å². The summed E-state index contributed by atoms with van der Waals surface area (Å²) in [7, 11) is 2.11. The Morgan fingerprint density at radius 3 is 2.86 bits per heavy atom. The minimum absolute atomic E-state index is 0.0995. The van der Waals surface area contributed by atoms with Crippen LogP contribution in [0.1, 0.15) is 30.4 Å². The summed E-state index contributed by atoms with van der Waals surface area (Å²) >= 11 is 0. The maximum absolute atomic E-state index is 12.7. The number of amides is 1. The van der Waals surface area contributed by atoms with Crippen LogP contribution in [-0.4, -0.2) is 68.0 Å². The topological polar surface area (TPSA) is 66.6 Å². The van der Waals surface area contributed by atoms with Crippen LogP contribution >= 0.6 is 0 Å². The Morgan fingerprint density at radius 2 is 2.19 bits per heavy atom. The Bertz CT molecular complexity index is 598. The van der Waals surface area contributed by atoms with Gasteiger partial charge in [-0.15, -0.1) is 5.10 Å². The fourth-order valence-electron chi connectivity index (χ4n) is 2.83. The van der Waals surface area contributed by atoms with Crippen LogP contribution in [0.3, 0.4) is 0 Å². The Balaban J connectivity index is 1.81. The molecule has 0 bridgehead atoms. The van der Waals surface area contributed by atoms with Gasteiger partial charge in [0.1, 0.15) is 0 Å². The number of nitrogens with zero attached hydrogens (tertiary/aromatic N) is 6. The lowest BCUT2D eigenvalue weighted by molar-refractivity contribution is 0.0594. The molecule has 1 fully saturated rings. The molecule has 0 radical (unpaired) electrons. The molecule has 0 atom stereocenters. The van der Waals surface area contributed by atoms with E-state index in [1.807, 2.05) is 11.8 Å². The fourth-order valence-corrected chi connectivity index (χ4v) is 2.83. The van der Waals surface area contributed by atoms with Gasteiger partial charge in [0.25, 0.3) is 11.7 Å². The van der Waals surface area contributed by atoms with Crippen molar-refractivity contribution in [3.05, 3.63) is 24.3 Å². The molecule has 0 aromatic carbocycles. The van der Waals surface area contributed by atoms with Gasteiger partial charge in [-0.25, -0.2) is 9.50 Å². The van der Waals surface area contributed by atoms with Crippen molar-refractivity contribution in [2.24, 2.45) is 0 Å². The molecular weight excluding hydrogens is 268 g/mol. The highest BCUT2D eigenvalue weighted by Crippen LogP contribution is 2.17. The minimum atomic E-state index is -0.0995. The second-order valence-electron chi connectivity index (χ2n) is 5.43. The van der Waals surface area contributed by atoms with Gasteiger partial charge in [0.15, 0.2) is 0 Å². The van der Waals surface area contributed by atoms with Gasteiger partial charge >= 0.3 is 0 Å². The van der Waals surface area contributed by atoms with Crippen molar-refractivity contribution in [3.63, 3.8) is 0 Å². The van der Waals surface area contributed by atoms with E-state index in [1.54, 1.807) is 18.5 Å². The van der Waals surface area contributed by atoms with Crippen LogP contribution in [0.25, 0.3) is 5.78 Å². The molecule has 7 heteroatoms. The van der Waals surface area contributed by atoms with Crippen molar-refractivity contribution < 1.29 is 4.79 Å². The van der Waals surface area contributed by atoms with E-state index in [0.29, 0.717) is 12.3 Å². The maximum atomic E-state index is 12.7. The van der Waals surface area contributed by atoms with Crippen molar-refractivity contribution in [2.75, 3.05) is 26.7 Å². The molecule has 0 unspecified atom stereocenters. The lowest BCUT2D eigenvalue weighted by Gasteiger charge is -2.36. The van der Waals surface area contributed by atoms with E-state index in [2.05, 4.69) is 27.0 Å². The molecule has 0 spiro atoms. The van der Waals surface area contributed by atoms with E-state index in [9.17, 15) is 4.79 Å². The van der Waals surface area contributed by atoms with E-state index in [1.165, 1.54) is 4.52 Å². The number of fused-ring (bicyclic) bond motifs is 1. The van der Waals surface area contributed by atoms with Gasteiger partial charge in [0, 0.05) is 25.0 Å². The predicted molar refractivity (Wildman–Crippen MR) is 78.0 cm³/mol. The van der Waals surface area contributed by atoms with Crippen LogP contribution in [0.5, 0.6) is 0 Å². The van der Waals surface area contributed by atoms with E-state index >= 15 is 0 Å². The summed E-state index contributed by atoms with van der Waals surface area (Å²) in [6, 6.07) is 2.04. The zero-order valence-corrected chi connectivity index (χ0v) is 12.4. The van der Waals surface area contributed by atoms with Crippen LogP contribution in [0.2, 0.25) is 0 Å². The van der Waals surface area contributed by atoms with Gasteiger partial charge in [-0.2, -0.15) is 4.98 Å². The smallest absolute Gasteiger partial charge is 0.293 e. The maximum Gasteiger partial charge on any atom is 0.293 e. The van der Waals surface area contributed by atoms with Gasteiger partial charge < -0.3 is 9.80 Å². The summed E-state index contributed by atoms with van der Waals surface area (Å²) in [4.78, 5) is 25.2. The van der Waals surface area contributed by atoms with Gasteiger partial charge in [-0.3, -0.25) is 4.79 Å². The summed E-state index contributed by atoms with van der Waals surface area (Å²) in [5, 5.41) is 4.23. The third kappa shape index (κ3) is 2.73. The number of hydrogen-bond acceptors (Lipinski definition) is 5. The third-order valence-corrected chi connectivity index (χ3v) is 4.04. The molecule has 112 valence electrons.